The largest absolute Gasteiger partial charge is 0.418 e. The lowest BCUT2D eigenvalue weighted by atomic mass is 9.93. The Labute approximate surface area is 119 Å². The Morgan fingerprint density at radius 1 is 1.19 bits per heavy atom. The van der Waals surface area contributed by atoms with Gasteiger partial charge in [0.05, 0.1) is 16.7 Å². The van der Waals surface area contributed by atoms with Crippen molar-refractivity contribution in [2.75, 3.05) is 11.9 Å². The van der Waals surface area contributed by atoms with Crippen molar-refractivity contribution < 1.29 is 22.8 Å². The highest BCUT2D eigenvalue weighted by Crippen LogP contribution is 2.34. The van der Waals surface area contributed by atoms with Crippen LogP contribution >= 0.6 is 0 Å². The van der Waals surface area contributed by atoms with Crippen molar-refractivity contribution in [3.63, 3.8) is 0 Å². The van der Waals surface area contributed by atoms with E-state index in [0.717, 1.165) is 12.1 Å². The molecule has 1 aromatic carbocycles. The maximum absolute atomic E-state index is 12.7. The van der Waals surface area contributed by atoms with Crippen molar-refractivity contribution in [2.45, 2.75) is 20.0 Å². The summed E-state index contributed by atoms with van der Waals surface area (Å²) < 4.78 is 38.2. The van der Waals surface area contributed by atoms with Gasteiger partial charge in [0.15, 0.2) is 0 Å². The Kier molecular flexibility index (Phi) is 4.82. The number of alkyl halides is 3. The van der Waals surface area contributed by atoms with Crippen molar-refractivity contribution in [1.82, 2.24) is 5.32 Å². The number of primary amides is 1. The number of urea groups is 1. The maximum atomic E-state index is 12.7. The number of halogens is 3. The molecule has 21 heavy (non-hydrogen) atoms. The van der Waals surface area contributed by atoms with Crippen LogP contribution in [0, 0.1) is 5.41 Å². The van der Waals surface area contributed by atoms with E-state index in [4.69, 9.17) is 5.73 Å². The molecular weight excluding hydrogens is 287 g/mol. The normalized spacial score (nSPS) is 11.9. The molecule has 0 aliphatic heterocycles. The smallest absolute Gasteiger partial charge is 0.369 e. The zero-order valence-corrected chi connectivity index (χ0v) is 11.5. The number of para-hydroxylation sites is 1. The molecule has 0 aliphatic rings. The van der Waals surface area contributed by atoms with Crippen LogP contribution in [0.5, 0.6) is 0 Å². The molecule has 0 unspecified atom stereocenters. The molecule has 4 N–H and O–H groups in total. The monoisotopic (exact) mass is 303 g/mol. The highest BCUT2D eigenvalue weighted by atomic mass is 19.4. The number of anilines is 1. The number of amides is 3. The van der Waals surface area contributed by atoms with E-state index >= 15 is 0 Å². The molecule has 116 valence electrons. The lowest BCUT2D eigenvalue weighted by Crippen LogP contribution is -2.43. The molecule has 3 amide bonds. The molecule has 0 aromatic heterocycles. The fraction of sp³-hybridized carbons (Fsp3) is 0.385. The number of benzene rings is 1. The van der Waals surface area contributed by atoms with Gasteiger partial charge >= 0.3 is 12.2 Å². The fourth-order valence-corrected chi connectivity index (χ4v) is 1.39. The zero-order chi connectivity index (χ0) is 16.3. The number of nitrogens with one attached hydrogen (secondary N) is 2. The predicted molar refractivity (Wildman–Crippen MR) is 71.4 cm³/mol. The summed E-state index contributed by atoms with van der Waals surface area (Å²) in [6, 6.07) is 3.76. The third-order valence-electron chi connectivity index (χ3n) is 2.84. The van der Waals surface area contributed by atoms with Gasteiger partial charge in [-0.1, -0.05) is 12.1 Å². The minimum atomic E-state index is -4.57. The molecule has 0 bridgehead atoms. The Morgan fingerprint density at radius 3 is 2.29 bits per heavy atom. The summed E-state index contributed by atoms with van der Waals surface area (Å²) >= 11 is 0. The van der Waals surface area contributed by atoms with Crippen LogP contribution in [0.4, 0.5) is 23.7 Å². The van der Waals surface area contributed by atoms with Gasteiger partial charge in [0.2, 0.25) is 5.91 Å². The number of carbonyl (C=O) groups is 2. The number of hydrogen-bond donors (Lipinski definition) is 3. The van der Waals surface area contributed by atoms with Gasteiger partial charge < -0.3 is 16.4 Å². The maximum Gasteiger partial charge on any atom is 0.418 e. The highest BCUT2D eigenvalue weighted by Gasteiger charge is 2.33. The van der Waals surface area contributed by atoms with Crippen molar-refractivity contribution in [2.24, 2.45) is 11.1 Å². The van der Waals surface area contributed by atoms with Crippen LogP contribution in [0.15, 0.2) is 24.3 Å². The van der Waals surface area contributed by atoms with Crippen molar-refractivity contribution in [3.8, 4) is 0 Å². The Bertz CT molecular complexity index is 542. The number of hydrogen-bond acceptors (Lipinski definition) is 2. The first-order chi connectivity index (χ1) is 9.54. The topological polar surface area (TPSA) is 84.2 Å². The van der Waals surface area contributed by atoms with Crippen LogP contribution in [0.3, 0.4) is 0 Å². The van der Waals surface area contributed by atoms with Gasteiger partial charge in [0.1, 0.15) is 0 Å². The van der Waals surface area contributed by atoms with Crippen LogP contribution in [0.2, 0.25) is 0 Å². The second-order valence-electron chi connectivity index (χ2n) is 5.10. The first-order valence-corrected chi connectivity index (χ1v) is 6.05. The first-order valence-electron chi connectivity index (χ1n) is 6.05. The van der Waals surface area contributed by atoms with E-state index < -0.39 is 29.1 Å². The third kappa shape index (κ3) is 4.66. The average molecular weight is 303 g/mol. The summed E-state index contributed by atoms with van der Waals surface area (Å²) in [7, 11) is 0. The number of rotatable bonds is 4. The summed E-state index contributed by atoms with van der Waals surface area (Å²) in [6.45, 7) is 2.93. The van der Waals surface area contributed by atoms with Gasteiger partial charge in [-0.25, -0.2) is 4.79 Å². The Balaban J connectivity index is 2.75. The van der Waals surface area contributed by atoms with Gasteiger partial charge in [-0.2, -0.15) is 13.2 Å². The molecule has 1 aromatic rings. The standard InChI is InChI=1S/C13H16F3N3O2/c1-12(2,10(17)20)7-18-11(21)19-9-6-4-3-5-8(9)13(14,15)16/h3-6H,7H2,1-2H3,(H2,17,20)(H2,18,19,21). The van der Waals surface area contributed by atoms with E-state index in [1.54, 1.807) is 0 Å². The number of carbonyl (C=O) groups excluding carboxylic acids is 2. The Morgan fingerprint density at radius 2 is 1.76 bits per heavy atom. The SMILES string of the molecule is CC(C)(CNC(=O)Nc1ccccc1C(F)(F)F)C(N)=O. The summed E-state index contributed by atoms with van der Waals surface area (Å²) in [5, 5.41) is 4.42. The molecule has 0 saturated heterocycles. The summed E-state index contributed by atoms with van der Waals surface area (Å²) in [6.07, 6.45) is -4.57. The van der Waals surface area contributed by atoms with Crippen LogP contribution in [0.25, 0.3) is 0 Å². The first kappa shape index (κ1) is 16.8. The van der Waals surface area contributed by atoms with Gasteiger partial charge in [0.25, 0.3) is 0 Å². The molecule has 0 radical (unpaired) electrons. The van der Waals surface area contributed by atoms with Crippen LogP contribution < -0.4 is 16.4 Å². The molecule has 1 rings (SSSR count). The molecule has 5 nitrogen and oxygen atoms in total. The van der Waals surface area contributed by atoms with E-state index in [0.29, 0.717) is 0 Å². The van der Waals surface area contributed by atoms with Gasteiger partial charge in [-0.05, 0) is 26.0 Å². The second-order valence-corrected chi connectivity index (χ2v) is 5.10. The second kappa shape index (κ2) is 6.02. The van der Waals surface area contributed by atoms with Crippen molar-refractivity contribution in [3.05, 3.63) is 29.8 Å². The lowest BCUT2D eigenvalue weighted by Gasteiger charge is -2.21. The predicted octanol–water partition coefficient (Wildman–Crippen LogP) is 2.34. The van der Waals surface area contributed by atoms with E-state index in [-0.39, 0.29) is 12.2 Å². The number of nitrogens with two attached hydrogens (primary N) is 1. The lowest BCUT2D eigenvalue weighted by molar-refractivity contribution is -0.137. The fourth-order valence-electron chi connectivity index (χ4n) is 1.39. The molecule has 0 spiro atoms. The molecular formula is C13H16F3N3O2. The molecule has 0 saturated carbocycles. The van der Waals surface area contributed by atoms with Crippen LogP contribution in [-0.4, -0.2) is 18.5 Å². The average Bonchev–Trinajstić information content (AvgIpc) is 2.35. The summed E-state index contributed by atoms with van der Waals surface area (Å²) in [5.74, 6) is -0.626. The van der Waals surface area contributed by atoms with Gasteiger partial charge in [0, 0.05) is 6.54 Å². The molecule has 8 heteroatoms. The van der Waals surface area contributed by atoms with Crippen molar-refractivity contribution >= 4 is 17.6 Å². The Hall–Kier alpha value is -2.25. The van der Waals surface area contributed by atoms with E-state index in [1.807, 2.05) is 0 Å². The minimum absolute atomic E-state index is 0.0949. The zero-order valence-electron chi connectivity index (χ0n) is 11.5. The highest BCUT2D eigenvalue weighted by molar-refractivity contribution is 5.91. The molecule has 0 aliphatic carbocycles. The third-order valence-corrected chi connectivity index (χ3v) is 2.84. The van der Waals surface area contributed by atoms with Gasteiger partial charge in [-0.15, -0.1) is 0 Å². The van der Waals surface area contributed by atoms with Crippen molar-refractivity contribution in [1.29, 1.82) is 0 Å². The van der Waals surface area contributed by atoms with Gasteiger partial charge in [-0.3, -0.25) is 4.79 Å². The molecule has 0 atom stereocenters. The summed E-state index contributed by atoms with van der Waals surface area (Å²) in [5.41, 5.74) is 2.82. The van der Waals surface area contributed by atoms with E-state index in [1.165, 1.54) is 26.0 Å². The molecule has 0 fully saturated rings. The quantitative estimate of drug-likeness (QED) is 0.797. The van der Waals surface area contributed by atoms with Crippen LogP contribution in [-0.2, 0) is 11.0 Å². The van der Waals surface area contributed by atoms with E-state index in [9.17, 15) is 22.8 Å². The molecule has 0 heterocycles. The van der Waals surface area contributed by atoms with E-state index in [2.05, 4.69) is 10.6 Å². The summed E-state index contributed by atoms with van der Waals surface area (Å²) in [4.78, 5) is 22.7. The minimum Gasteiger partial charge on any atom is -0.369 e. The van der Waals surface area contributed by atoms with Crippen LogP contribution in [0.1, 0.15) is 19.4 Å².